The molecule has 0 radical (unpaired) electrons. The van der Waals surface area contributed by atoms with Crippen LogP contribution in [0.15, 0.2) is 23.1 Å². The van der Waals surface area contributed by atoms with E-state index in [2.05, 4.69) is 0 Å². The van der Waals surface area contributed by atoms with Crippen molar-refractivity contribution in [2.24, 2.45) is 0 Å². The molecule has 0 atom stereocenters. The molecule has 0 spiro atoms. The summed E-state index contributed by atoms with van der Waals surface area (Å²) in [4.78, 5) is 9.08. The van der Waals surface area contributed by atoms with Gasteiger partial charge in [0.05, 0.1) is 9.82 Å². The van der Waals surface area contributed by atoms with Crippen LogP contribution < -0.4 is 5.73 Å². The average molecular weight is 313 g/mol. The number of nitrogens with zero attached hydrogens (tertiary/aromatic N) is 2. The van der Waals surface area contributed by atoms with Crippen molar-refractivity contribution in [2.75, 3.05) is 19.3 Å². The number of hydrogen-bond acceptors (Lipinski definition) is 5. The minimum Gasteiger partial charge on any atom is -0.393 e. The minimum atomic E-state index is -4.72. The number of nitrogens with two attached hydrogens (primary N) is 1. The second kappa shape index (κ2) is 5.25. The van der Waals surface area contributed by atoms with Crippen LogP contribution in [0.3, 0.4) is 0 Å². The molecule has 0 aliphatic heterocycles. The number of sulfonamides is 1. The molecule has 0 aliphatic rings. The number of nitro groups is 1. The van der Waals surface area contributed by atoms with Crippen LogP contribution in [0.2, 0.25) is 0 Å². The van der Waals surface area contributed by atoms with Crippen LogP contribution in [0.1, 0.15) is 0 Å². The number of halogens is 3. The first-order chi connectivity index (χ1) is 8.95. The Balaban J connectivity index is 3.23. The van der Waals surface area contributed by atoms with Crippen molar-refractivity contribution in [2.45, 2.75) is 11.1 Å². The van der Waals surface area contributed by atoms with Crippen LogP contribution in [0.4, 0.5) is 24.5 Å². The first kappa shape index (κ1) is 16.2. The van der Waals surface area contributed by atoms with Crippen LogP contribution >= 0.6 is 0 Å². The summed E-state index contributed by atoms with van der Waals surface area (Å²) in [6.45, 7) is -1.70. The number of anilines is 1. The van der Waals surface area contributed by atoms with E-state index in [-0.39, 0.29) is 9.99 Å². The van der Waals surface area contributed by atoms with Gasteiger partial charge in [-0.25, -0.2) is 8.42 Å². The summed E-state index contributed by atoms with van der Waals surface area (Å²) in [5, 5.41) is 10.6. The predicted octanol–water partition coefficient (Wildman–Crippen LogP) is 1.36. The third kappa shape index (κ3) is 3.57. The summed E-state index contributed by atoms with van der Waals surface area (Å²) in [6, 6.07) is 2.48. The van der Waals surface area contributed by atoms with Gasteiger partial charge in [0.25, 0.3) is 5.69 Å². The Morgan fingerprint density at radius 2 is 1.95 bits per heavy atom. The molecule has 0 saturated heterocycles. The fourth-order valence-corrected chi connectivity index (χ4v) is 2.54. The van der Waals surface area contributed by atoms with Crippen molar-refractivity contribution in [3.8, 4) is 0 Å². The first-order valence-corrected chi connectivity index (χ1v) is 6.46. The maximum absolute atomic E-state index is 12.2. The van der Waals surface area contributed by atoms with E-state index in [0.29, 0.717) is 6.07 Å². The third-order valence-electron chi connectivity index (χ3n) is 2.31. The van der Waals surface area contributed by atoms with Crippen LogP contribution in [0.25, 0.3) is 0 Å². The zero-order valence-corrected chi connectivity index (χ0v) is 10.9. The molecule has 0 amide bonds. The molecule has 1 aromatic rings. The Labute approximate surface area is 112 Å². The first-order valence-electron chi connectivity index (χ1n) is 5.02. The molecule has 7 nitrogen and oxygen atoms in total. The van der Waals surface area contributed by atoms with E-state index in [0.717, 1.165) is 19.2 Å². The average Bonchev–Trinajstić information content (AvgIpc) is 2.26. The summed E-state index contributed by atoms with van der Waals surface area (Å²) in [5.74, 6) is 0. The highest BCUT2D eigenvalue weighted by Gasteiger charge is 2.35. The lowest BCUT2D eigenvalue weighted by Crippen LogP contribution is -2.35. The van der Waals surface area contributed by atoms with Crippen molar-refractivity contribution in [1.82, 2.24) is 4.31 Å². The molecular weight excluding hydrogens is 303 g/mol. The largest absolute Gasteiger partial charge is 0.402 e. The van der Waals surface area contributed by atoms with Crippen molar-refractivity contribution in [3.05, 3.63) is 28.3 Å². The quantitative estimate of drug-likeness (QED) is 0.513. The maximum atomic E-state index is 12.2. The van der Waals surface area contributed by atoms with E-state index in [4.69, 9.17) is 5.73 Å². The van der Waals surface area contributed by atoms with Gasteiger partial charge in [0.1, 0.15) is 12.2 Å². The monoisotopic (exact) mass is 313 g/mol. The zero-order chi connectivity index (χ0) is 15.7. The van der Waals surface area contributed by atoms with Gasteiger partial charge in [-0.05, 0) is 12.1 Å². The van der Waals surface area contributed by atoms with Gasteiger partial charge >= 0.3 is 6.18 Å². The molecule has 0 saturated carbocycles. The predicted molar refractivity (Wildman–Crippen MR) is 63.4 cm³/mol. The highest BCUT2D eigenvalue weighted by atomic mass is 32.2. The van der Waals surface area contributed by atoms with Crippen LogP contribution in [-0.4, -0.2) is 37.4 Å². The number of alkyl halides is 3. The van der Waals surface area contributed by atoms with Crippen LogP contribution in [-0.2, 0) is 10.0 Å². The Morgan fingerprint density at radius 1 is 1.40 bits per heavy atom. The summed E-state index contributed by atoms with van der Waals surface area (Å²) >= 11 is 0. The smallest absolute Gasteiger partial charge is 0.393 e. The Bertz CT molecular complexity index is 630. The van der Waals surface area contributed by atoms with Crippen molar-refractivity contribution < 1.29 is 26.5 Å². The second-order valence-corrected chi connectivity index (χ2v) is 5.90. The standard InChI is InChI=1S/C9H10F3N3O4S/c1-14(5-9(10,11)12)20(18,19)6-2-3-7(13)8(4-6)15(16)17/h2-4H,5,13H2,1H3. The number of benzene rings is 1. The molecule has 112 valence electrons. The number of nitrogen functional groups attached to an aromatic ring is 1. The Kier molecular flexibility index (Phi) is 4.24. The molecular formula is C9H10F3N3O4S. The zero-order valence-electron chi connectivity index (χ0n) is 10.1. The lowest BCUT2D eigenvalue weighted by atomic mass is 10.3. The highest BCUT2D eigenvalue weighted by molar-refractivity contribution is 7.89. The fourth-order valence-electron chi connectivity index (χ4n) is 1.36. The lowest BCUT2D eigenvalue weighted by molar-refractivity contribution is -0.384. The highest BCUT2D eigenvalue weighted by Crippen LogP contribution is 2.27. The molecule has 1 aromatic carbocycles. The number of nitro benzene ring substituents is 1. The van der Waals surface area contributed by atoms with Gasteiger partial charge in [0, 0.05) is 13.1 Å². The number of rotatable bonds is 4. The summed E-state index contributed by atoms with van der Waals surface area (Å²) in [7, 11) is -3.76. The summed E-state index contributed by atoms with van der Waals surface area (Å²) in [6.07, 6.45) is -4.72. The van der Waals surface area contributed by atoms with Crippen LogP contribution in [0.5, 0.6) is 0 Å². The normalized spacial score (nSPS) is 12.7. The SMILES string of the molecule is CN(CC(F)(F)F)S(=O)(=O)c1ccc(N)c([N+](=O)[O-])c1. The lowest BCUT2D eigenvalue weighted by Gasteiger charge is -2.18. The van der Waals surface area contributed by atoms with Gasteiger partial charge in [0.15, 0.2) is 0 Å². The van der Waals surface area contributed by atoms with E-state index < -0.39 is 38.3 Å². The summed E-state index contributed by atoms with van der Waals surface area (Å²) in [5.41, 5.74) is 4.31. The molecule has 0 aromatic heterocycles. The van der Waals surface area contributed by atoms with E-state index in [1.165, 1.54) is 0 Å². The fraction of sp³-hybridized carbons (Fsp3) is 0.333. The molecule has 2 N–H and O–H groups in total. The molecule has 11 heteroatoms. The van der Waals surface area contributed by atoms with Gasteiger partial charge in [0.2, 0.25) is 10.0 Å². The molecule has 20 heavy (non-hydrogen) atoms. The summed E-state index contributed by atoms with van der Waals surface area (Å²) < 4.78 is 60.3. The Hall–Kier alpha value is -1.88. The van der Waals surface area contributed by atoms with Crippen LogP contribution in [0, 0.1) is 10.1 Å². The topological polar surface area (TPSA) is 107 Å². The van der Waals surface area contributed by atoms with Gasteiger partial charge in [-0.3, -0.25) is 10.1 Å². The van der Waals surface area contributed by atoms with Crippen molar-refractivity contribution in [3.63, 3.8) is 0 Å². The van der Waals surface area contributed by atoms with E-state index in [9.17, 15) is 31.7 Å². The second-order valence-electron chi connectivity index (χ2n) is 3.85. The van der Waals surface area contributed by atoms with E-state index >= 15 is 0 Å². The molecule has 0 heterocycles. The van der Waals surface area contributed by atoms with E-state index in [1.807, 2.05) is 0 Å². The maximum Gasteiger partial charge on any atom is 0.402 e. The molecule has 0 fully saturated rings. The van der Waals surface area contributed by atoms with E-state index in [1.54, 1.807) is 0 Å². The van der Waals surface area contributed by atoms with Gasteiger partial charge in [-0.15, -0.1) is 0 Å². The Morgan fingerprint density at radius 3 is 2.40 bits per heavy atom. The van der Waals surface area contributed by atoms with Gasteiger partial charge in [-0.1, -0.05) is 0 Å². The number of hydrogen-bond donors (Lipinski definition) is 1. The molecule has 1 rings (SSSR count). The van der Waals surface area contributed by atoms with Crippen molar-refractivity contribution in [1.29, 1.82) is 0 Å². The molecule has 0 unspecified atom stereocenters. The third-order valence-corrected chi connectivity index (χ3v) is 4.11. The minimum absolute atomic E-state index is 0.0578. The van der Waals surface area contributed by atoms with Gasteiger partial charge < -0.3 is 5.73 Å². The molecule has 0 aliphatic carbocycles. The molecule has 0 bridgehead atoms. The van der Waals surface area contributed by atoms with Crippen molar-refractivity contribution >= 4 is 21.4 Å². The van der Waals surface area contributed by atoms with Gasteiger partial charge in [-0.2, -0.15) is 17.5 Å².